The zero-order valence-corrected chi connectivity index (χ0v) is 15.6. The van der Waals surface area contributed by atoms with E-state index in [9.17, 15) is 9.59 Å². The maximum Gasteiger partial charge on any atom is 0.155 e. The van der Waals surface area contributed by atoms with E-state index < -0.39 is 0 Å². The third kappa shape index (κ3) is 6.59. The van der Waals surface area contributed by atoms with E-state index in [4.69, 9.17) is 0 Å². The summed E-state index contributed by atoms with van der Waals surface area (Å²) in [6.07, 6.45) is 14.9. The van der Waals surface area contributed by atoms with Crippen LogP contribution in [0.5, 0.6) is 0 Å². The third-order valence-electron chi connectivity index (χ3n) is 5.17. The van der Waals surface area contributed by atoms with Crippen molar-refractivity contribution in [2.24, 2.45) is 11.8 Å². The van der Waals surface area contributed by atoms with Crippen molar-refractivity contribution in [3.63, 3.8) is 0 Å². The van der Waals surface area contributed by atoms with Gasteiger partial charge >= 0.3 is 0 Å². The lowest BCUT2D eigenvalue weighted by atomic mass is 9.82. The molecule has 0 amide bonds. The Balaban J connectivity index is 1.84. The van der Waals surface area contributed by atoms with Crippen molar-refractivity contribution in [3.05, 3.63) is 34.9 Å². The normalized spacial score (nSPS) is 25.5. The lowest BCUT2D eigenvalue weighted by Crippen LogP contribution is -2.15. The van der Waals surface area contributed by atoms with Crippen molar-refractivity contribution >= 4 is 11.6 Å². The highest BCUT2D eigenvalue weighted by molar-refractivity contribution is 5.91. The minimum Gasteiger partial charge on any atom is -0.300 e. The number of hydrogen-bond acceptors (Lipinski definition) is 2. The topological polar surface area (TPSA) is 34.1 Å². The molecule has 2 atom stereocenters. The predicted molar refractivity (Wildman–Crippen MR) is 99.8 cm³/mol. The van der Waals surface area contributed by atoms with E-state index in [-0.39, 0.29) is 5.78 Å². The van der Waals surface area contributed by atoms with Crippen LogP contribution in [0.4, 0.5) is 0 Å². The molecule has 0 aromatic carbocycles. The molecular weight excluding hydrogens is 296 g/mol. The Kier molecular flexibility index (Phi) is 7.20. The molecule has 0 heterocycles. The number of ketones is 2. The summed E-state index contributed by atoms with van der Waals surface area (Å²) in [6, 6.07) is 0. The van der Waals surface area contributed by atoms with Crippen molar-refractivity contribution in [1.82, 2.24) is 0 Å². The van der Waals surface area contributed by atoms with Gasteiger partial charge in [0.15, 0.2) is 5.78 Å². The number of hydrogen-bond donors (Lipinski definition) is 0. The predicted octanol–water partition coefficient (Wildman–Crippen LogP) is 5.73. The van der Waals surface area contributed by atoms with Gasteiger partial charge in [-0.2, -0.15) is 0 Å². The number of Topliss-reactive ketones (excluding diaryl/α,β-unsaturated/α-hetero) is 1. The van der Waals surface area contributed by atoms with Crippen LogP contribution in [0.2, 0.25) is 0 Å². The molecule has 2 aliphatic rings. The molecule has 2 unspecified atom stereocenters. The van der Waals surface area contributed by atoms with Gasteiger partial charge in [0.1, 0.15) is 5.78 Å². The van der Waals surface area contributed by atoms with E-state index in [0.29, 0.717) is 24.0 Å². The van der Waals surface area contributed by atoms with Crippen molar-refractivity contribution in [3.8, 4) is 0 Å². The highest BCUT2D eigenvalue weighted by Crippen LogP contribution is 2.31. The fourth-order valence-electron chi connectivity index (χ4n) is 3.92. The van der Waals surface area contributed by atoms with Crippen LogP contribution in [0.25, 0.3) is 0 Å². The minimum atomic E-state index is 0.286. The molecule has 132 valence electrons. The molecule has 2 aliphatic carbocycles. The molecule has 0 aliphatic heterocycles. The lowest BCUT2D eigenvalue weighted by molar-refractivity contribution is -0.121. The SMILES string of the molecule is CC(C)=CCC1=CC(=O)CC(C/C(C)=C/CC2CCCC(=O)C2)C1. The van der Waals surface area contributed by atoms with Gasteiger partial charge in [0.2, 0.25) is 0 Å². The molecule has 0 aromatic rings. The molecule has 0 bridgehead atoms. The molecule has 24 heavy (non-hydrogen) atoms. The Labute approximate surface area is 147 Å². The largest absolute Gasteiger partial charge is 0.300 e. The van der Waals surface area contributed by atoms with Crippen molar-refractivity contribution in [2.75, 3.05) is 0 Å². The summed E-state index contributed by atoms with van der Waals surface area (Å²) in [5.74, 6) is 1.72. The third-order valence-corrected chi connectivity index (χ3v) is 5.17. The Hall–Kier alpha value is -1.44. The van der Waals surface area contributed by atoms with Gasteiger partial charge in [0, 0.05) is 19.3 Å². The zero-order valence-electron chi connectivity index (χ0n) is 15.6. The highest BCUT2D eigenvalue weighted by atomic mass is 16.1. The molecule has 0 radical (unpaired) electrons. The van der Waals surface area contributed by atoms with E-state index >= 15 is 0 Å². The van der Waals surface area contributed by atoms with Gasteiger partial charge in [0.05, 0.1) is 0 Å². The summed E-state index contributed by atoms with van der Waals surface area (Å²) in [5.41, 5.74) is 3.97. The van der Waals surface area contributed by atoms with E-state index in [2.05, 4.69) is 32.9 Å². The molecule has 2 nitrogen and oxygen atoms in total. The van der Waals surface area contributed by atoms with Gasteiger partial charge in [-0.1, -0.05) is 28.9 Å². The van der Waals surface area contributed by atoms with Crippen LogP contribution in [-0.4, -0.2) is 11.6 Å². The Bertz CT molecular complexity index is 559. The van der Waals surface area contributed by atoms with Crippen LogP contribution in [0, 0.1) is 11.8 Å². The number of rotatable bonds is 6. The van der Waals surface area contributed by atoms with Crippen LogP contribution in [0.1, 0.15) is 78.6 Å². The lowest BCUT2D eigenvalue weighted by Gasteiger charge is -2.23. The molecule has 1 saturated carbocycles. The molecular formula is C22H32O2. The summed E-state index contributed by atoms with van der Waals surface area (Å²) in [7, 11) is 0. The van der Waals surface area contributed by atoms with E-state index in [0.717, 1.165) is 44.9 Å². The maximum atomic E-state index is 12.0. The van der Waals surface area contributed by atoms with Crippen LogP contribution in [-0.2, 0) is 9.59 Å². The fourth-order valence-corrected chi connectivity index (χ4v) is 3.92. The molecule has 0 spiro atoms. The van der Waals surface area contributed by atoms with Crippen molar-refractivity contribution in [1.29, 1.82) is 0 Å². The first-order valence-corrected chi connectivity index (χ1v) is 9.45. The van der Waals surface area contributed by atoms with E-state index in [1.165, 1.54) is 23.1 Å². The number of carbonyl (C=O) groups is 2. The van der Waals surface area contributed by atoms with Crippen molar-refractivity contribution < 1.29 is 9.59 Å². The average molecular weight is 328 g/mol. The summed E-state index contributed by atoms with van der Waals surface area (Å²) < 4.78 is 0. The Morgan fingerprint density at radius 1 is 1.08 bits per heavy atom. The minimum absolute atomic E-state index is 0.286. The first kappa shape index (κ1) is 18.9. The molecule has 0 saturated heterocycles. The maximum absolute atomic E-state index is 12.0. The Morgan fingerprint density at radius 3 is 2.58 bits per heavy atom. The second kappa shape index (κ2) is 9.15. The average Bonchev–Trinajstić information content (AvgIpc) is 2.50. The standard InChI is InChI=1S/C22H32O2/c1-16(2)7-9-19-12-20(15-22(24)14-19)11-17(3)8-10-18-5-4-6-21(23)13-18/h7-8,14,18,20H,4-6,9-13,15H2,1-3H3/b17-8+. The summed E-state index contributed by atoms with van der Waals surface area (Å²) in [6.45, 7) is 6.39. The quantitative estimate of drug-likeness (QED) is 0.583. The molecule has 2 rings (SSSR count). The summed E-state index contributed by atoms with van der Waals surface area (Å²) in [4.78, 5) is 23.5. The van der Waals surface area contributed by atoms with E-state index in [1.807, 2.05) is 6.08 Å². The van der Waals surface area contributed by atoms with Crippen LogP contribution >= 0.6 is 0 Å². The monoisotopic (exact) mass is 328 g/mol. The Morgan fingerprint density at radius 2 is 1.88 bits per heavy atom. The molecule has 1 fully saturated rings. The van der Waals surface area contributed by atoms with Gasteiger partial charge in [0.25, 0.3) is 0 Å². The summed E-state index contributed by atoms with van der Waals surface area (Å²) >= 11 is 0. The van der Waals surface area contributed by atoms with E-state index in [1.54, 1.807) is 0 Å². The number of carbonyl (C=O) groups excluding carboxylic acids is 2. The first-order chi connectivity index (χ1) is 11.4. The van der Waals surface area contributed by atoms with Gasteiger partial charge in [-0.15, -0.1) is 0 Å². The highest BCUT2D eigenvalue weighted by Gasteiger charge is 2.21. The second-order valence-electron chi connectivity index (χ2n) is 8.02. The molecule has 2 heteroatoms. The fraction of sp³-hybridized carbons (Fsp3) is 0.636. The van der Waals surface area contributed by atoms with Gasteiger partial charge in [-0.3, -0.25) is 9.59 Å². The van der Waals surface area contributed by atoms with Crippen molar-refractivity contribution in [2.45, 2.75) is 78.6 Å². The molecule has 0 N–H and O–H groups in total. The van der Waals surface area contributed by atoms with Crippen LogP contribution in [0.15, 0.2) is 34.9 Å². The number of allylic oxidation sites excluding steroid dienone is 6. The first-order valence-electron chi connectivity index (χ1n) is 9.45. The van der Waals surface area contributed by atoms with Gasteiger partial charge in [-0.25, -0.2) is 0 Å². The van der Waals surface area contributed by atoms with Gasteiger partial charge in [-0.05, 0) is 77.2 Å². The second-order valence-corrected chi connectivity index (χ2v) is 8.02. The van der Waals surface area contributed by atoms with Crippen LogP contribution in [0.3, 0.4) is 0 Å². The summed E-state index contributed by atoms with van der Waals surface area (Å²) in [5, 5.41) is 0. The van der Waals surface area contributed by atoms with Gasteiger partial charge < -0.3 is 0 Å². The molecule has 0 aromatic heterocycles. The smallest absolute Gasteiger partial charge is 0.155 e. The zero-order chi connectivity index (χ0) is 17.5. The van der Waals surface area contributed by atoms with Crippen LogP contribution < -0.4 is 0 Å².